The van der Waals surface area contributed by atoms with Crippen molar-refractivity contribution in [2.75, 3.05) is 13.1 Å². The van der Waals surface area contributed by atoms with Crippen LogP contribution in [0.15, 0.2) is 28.7 Å². The van der Waals surface area contributed by atoms with E-state index in [4.69, 9.17) is 17.2 Å². The SMILES string of the molecule is CC(N)C(c1ccc(Br)cc1)N(CC(N)=O)CC(N)=O. The van der Waals surface area contributed by atoms with E-state index < -0.39 is 11.8 Å². The molecule has 1 rings (SSSR count). The zero-order valence-corrected chi connectivity index (χ0v) is 12.8. The largest absolute Gasteiger partial charge is 0.369 e. The van der Waals surface area contributed by atoms with E-state index in [1.165, 1.54) is 0 Å². The van der Waals surface area contributed by atoms with Crippen LogP contribution in [-0.2, 0) is 9.59 Å². The Kier molecular flexibility index (Phi) is 6.12. The number of hydrogen-bond acceptors (Lipinski definition) is 4. The number of carbonyl (C=O) groups excluding carboxylic acids is 2. The molecule has 0 aliphatic heterocycles. The zero-order chi connectivity index (χ0) is 15.3. The Morgan fingerprint density at radius 2 is 1.60 bits per heavy atom. The minimum absolute atomic E-state index is 0.0782. The summed E-state index contributed by atoms with van der Waals surface area (Å²) in [6.07, 6.45) is 0. The number of nitrogens with two attached hydrogens (primary N) is 3. The lowest BCUT2D eigenvalue weighted by atomic mass is 9.99. The highest BCUT2D eigenvalue weighted by Crippen LogP contribution is 2.24. The highest BCUT2D eigenvalue weighted by molar-refractivity contribution is 9.10. The van der Waals surface area contributed by atoms with Gasteiger partial charge in [0.15, 0.2) is 0 Å². The van der Waals surface area contributed by atoms with Crippen LogP contribution in [0.3, 0.4) is 0 Å². The van der Waals surface area contributed by atoms with E-state index in [2.05, 4.69) is 15.9 Å². The minimum atomic E-state index is -0.533. The molecule has 0 spiro atoms. The molecule has 0 saturated carbocycles. The van der Waals surface area contributed by atoms with Crippen LogP contribution in [0.2, 0.25) is 0 Å². The average Bonchev–Trinajstić information content (AvgIpc) is 2.29. The van der Waals surface area contributed by atoms with E-state index in [1.54, 1.807) is 4.90 Å². The number of nitrogens with zero attached hydrogens (tertiary/aromatic N) is 1. The molecule has 2 amide bonds. The molecule has 6 nitrogen and oxygen atoms in total. The van der Waals surface area contributed by atoms with Crippen molar-refractivity contribution in [2.24, 2.45) is 17.2 Å². The van der Waals surface area contributed by atoms with Crippen LogP contribution in [0.5, 0.6) is 0 Å². The van der Waals surface area contributed by atoms with E-state index in [9.17, 15) is 9.59 Å². The number of halogens is 1. The van der Waals surface area contributed by atoms with Gasteiger partial charge >= 0.3 is 0 Å². The lowest BCUT2D eigenvalue weighted by Crippen LogP contribution is -2.47. The second-order valence-electron chi connectivity index (χ2n) is 4.69. The van der Waals surface area contributed by atoms with Gasteiger partial charge in [0, 0.05) is 10.5 Å². The number of amides is 2. The molecule has 2 atom stereocenters. The quantitative estimate of drug-likeness (QED) is 0.652. The van der Waals surface area contributed by atoms with Crippen molar-refractivity contribution in [3.05, 3.63) is 34.3 Å². The Bertz CT molecular complexity index is 460. The van der Waals surface area contributed by atoms with Crippen LogP contribution in [0.25, 0.3) is 0 Å². The second kappa shape index (κ2) is 7.37. The fraction of sp³-hybridized carbons (Fsp3) is 0.385. The number of benzene rings is 1. The monoisotopic (exact) mass is 342 g/mol. The number of rotatable bonds is 7. The van der Waals surface area contributed by atoms with Crippen molar-refractivity contribution >= 4 is 27.7 Å². The smallest absolute Gasteiger partial charge is 0.231 e. The van der Waals surface area contributed by atoms with Gasteiger partial charge in [-0.15, -0.1) is 0 Å². The van der Waals surface area contributed by atoms with E-state index in [0.717, 1.165) is 10.0 Å². The van der Waals surface area contributed by atoms with Crippen LogP contribution in [0.4, 0.5) is 0 Å². The third kappa shape index (κ3) is 4.92. The van der Waals surface area contributed by atoms with E-state index in [1.807, 2.05) is 31.2 Å². The van der Waals surface area contributed by atoms with E-state index in [0.29, 0.717) is 0 Å². The molecule has 7 heteroatoms. The fourth-order valence-corrected chi connectivity index (χ4v) is 2.42. The molecule has 20 heavy (non-hydrogen) atoms. The standard InChI is InChI=1S/C13H19BrN4O2/c1-8(15)13(9-2-4-10(14)5-3-9)18(6-11(16)19)7-12(17)20/h2-5,8,13H,6-7,15H2,1H3,(H2,16,19)(H2,17,20). The van der Waals surface area contributed by atoms with E-state index in [-0.39, 0.29) is 25.2 Å². The van der Waals surface area contributed by atoms with Gasteiger partial charge in [0.2, 0.25) is 11.8 Å². The molecule has 0 aliphatic carbocycles. The first kappa shape index (κ1) is 16.6. The van der Waals surface area contributed by atoms with Gasteiger partial charge in [-0.05, 0) is 24.6 Å². The molecule has 0 bridgehead atoms. The fourth-order valence-electron chi connectivity index (χ4n) is 2.16. The van der Waals surface area contributed by atoms with Gasteiger partial charge in [0.1, 0.15) is 0 Å². The molecule has 1 aromatic carbocycles. The van der Waals surface area contributed by atoms with Gasteiger partial charge in [-0.3, -0.25) is 14.5 Å². The molecular weight excluding hydrogens is 324 g/mol. The third-order valence-electron chi connectivity index (χ3n) is 2.82. The molecule has 110 valence electrons. The van der Waals surface area contributed by atoms with Crippen molar-refractivity contribution in [3.63, 3.8) is 0 Å². The molecule has 0 radical (unpaired) electrons. The Labute approximate surface area is 126 Å². The van der Waals surface area contributed by atoms with Crippen LogP contribution >= 0.6 is 15.9 Å². The third-order valence-corrected chi connectivity index (χ3v) is 3.35. The lowest BCUT2D eigenvalue weighted by molar-refractivity contribution is -0.123. The molecule has 2 unspecified atom stereocenters. The molecular formula is C13H19BrN4O2. The second-order valence-corrected chi connectivity index (χ2v) is 5.61. The van der Waals surface area contributed by atoms with Crippen LogP contribution in [-0.4, -0.2) is 35.8 Å². The van der Waals surface area contributed by atoms with Gasteiger partial charge in [-0.2, -0.15) is 0 Å². The zero-order valence-electron chi connectivity index (χ0n) is 11.3. The predicted molar refractivity (Wildman–Crippen MR) is 80.5 cm³/mol. The molecule has 0 fully saturated rings. The van der Waals surface area contributed by atoms with Crippen molar-refractivity contribution in [1.29, 1.82) is 0 Å². The van der Waals surface area contributed by atoms with Crippen LogP contribution in [0.1, 0.15) is 18.5 Å². The minimum Gasteiger partial charge on any atom is -0.369 e. The van der Waals surface area contributed by atoms with Crippen molar-refractivity contribution < 1.29 is 9.59 Å². The Morgan fingerprint density at radius 3 is 1.95 bits per heavy atom. The molecule has 6 N–H and O–H groups in total. The summed E-state index contributed by atoms with van der Waals surface area (Å²) in [7, 11) is 0. The molecule has 0 aromatic heterocycles. The maximum Gasteiger partial charge on any atom is 0.231 e. The molecule has 0 heterocycles. The highest BCUT2D eigenvalue weighted by Gasteiger charge is 2.26. The molecule has 0 aliphatic rings. The summed E-state index contributed by atoms with van der Waals surface area (Å²) >= 11 is 3.36. The summed E-state index contributed by atoms with van der Waals surface area (Å²) in [6, 6.07) is 6.90. The maximum atomic E-state index is 11.2. The van der Waals surface area contributed by atoms with Crippen molar-refractivity contribution in [3.8, 4) is 0 Å². The average molecular weight is 343 g/mol. The van der Waals surface area contributed by atoms with Gasteiger partial charge in [0.05, 0.1) is 19.1 Å². The summed E-state index contributed by atoms with van der Waals surface area (Å²) in [5, 5.41) is 0. The molecule has 0 saturated heterocycles. The first-order valence-corrected chi connectivity index (χ1v) is 6.92. The summed E-state index contributed by atoms with van der Waals surface area (Å²) in [4.78, 5) is 24.0. The van der Waals surface area contributed by atoms with Crippen LogP contribution < -0.4 is 17.2 Å². The first-order valence-electron chi connectivity index (χ1n) is 6.13. The molecule has 1 aromatic rings. The van der Waals surface area contributed by atoms with E-state index >= 15 is 0 Å². The first-order chi connectivity index (χ1) is 9.31. The van der Waals surface area contributed by atoms with Crippen molar-refractivity contribution in [2.45, 2.75) is 19.0 Å². The topological polar surface area (TPSA) is 115 Å². The summed E-state index contributed by atoms with van der Waals surface area (Å²) in [5.41, 5.74) is 17.4. The van der Waals surface area contributed by atoms with Crippen molar-refractivity contribution in [1.82, 2.24) is 4.90 Å². The normalized spacial score (nSPS) is 14.0. The van der Waals surface area contributed by atoms with Crippen LogP contribution in [0, 0.1) is 0 Å². The number of hydrogen-bond donors (Lipinski definition) is 3. The van der Waals surface area contributed by atoms with Gasteiger partial charge < -0.3 is 17.2 Å². The predicted octanol–water partition coefficient (Wildman–Crippen LogP) is 0.110. The number of primary amides is 2. The summed E-state index contributed by atoms with van der Waals surface area (Å²) in [5.74, 6) is -1.07. The Balaban J connectivity index is 3.09. The van der Waals surface area contributed by atoms with Gasteiger partial charge in [-0.25, -0.2) is 0 Å². The lowest BCUT2D eigenvalue weighted by Gasteiger charge is -2.32. The van der Waals surface area contributed by atoms with Gasteiger partial charge in [0.25, 0.3) is 0 Å². The summed E-state index contributed by atoms with van der Waals surface area (Å²) in [6.45, 7) is 1.65. The Morgan fingerprint density at radius 1 is 1.15 bits per heavy atom. The Hall–Kier alpha value is -1.44. The highest BCUT2D eigenvalue weighted by atomic mass is 79.9. The number of carbonyl (C=O) groups is 2. The maximum absolute atomic E-state index is 11.2. The van der Waals surface area contributed by atoms with Gasteiger partial charge in [-0.1, -0.05) is 28.1 Å². The summed E-state index contributed by atoms with van der Waals surface area (Å²) < 4.78 is 0.932.